The zero-order valence-corrected chi connectivity index (χ0v) is 14.6. The molecule has 3 heterocycles. The summed E-state index contributed by atoms with van der Waals surface area (Å²) in [6.45, 7) is 3.75. The van der Waals surface area contributed by atoms with Gasteiger partial charge in [-0.15, -0.1) is 0 Å². The van der Waals surface area contributed by atoms with Gasteiger partial charge in [-0.05, 0) is 65.7 Å². The summed E-state index contributed by atoms with van der Waals surface area (Å²) in [6.07, 6.45) is 3.51. The van der Waals surface area contributed by atoms with Gasteiger partial charge in [0.2, 0.25) is 5.91 Å². The smallest absolute Gasteiger partial charge is 0.239 e. The van der Waals surface area contributed by atoms with Gasteiger partial charge in [0.25, 0.3) is 0 Å². The molecule has 0 radical (unpaired) electrons. The topological polar surface area (TPSA) is 23.6 Å². The molecule has 1 aromatic carbocycles. The Morgan fingerprint density at radius 3 is 2.88 bits per heavy atom. The van der Waals surface area contributed by atoms with Gasteiger partial charge in [0.1, 0.15) is 0 Å². The minimum Gasteiger partial charge on any atom is -0.311 e. The molecule has 3 aliphatic rings. The second-order valence-corrected chi connectivity index (χ2v) is 8.33. The number of carbonyl (C=O) groups is 1. The molecule has 3 nitrogen and oxygen atoms in total. The van der Waals surface area contributed by atoms with Crippen LogP contribution < -0.4 is 4.90 Å². The molecule has 1 spiro atoms. The van der Waals surface area contributed by atoms with Crippen LogP contribution in [-0.4, -0.2) is 30.4 Å². The van der Waals surface area contributed by atoms with Gasteiger partial charge in [-0.2, -0.15) is 11.3 Å². The number of rotatable bonds is 4. The largest absolute Gasteiger partial charge is 0.311 e. The first-order valence-corrected chi connectivity index (χ1v) is 9.85. The Morgan fingerprint density at radius 1 is 1.21 bits per heavy atom. The average Bonchev–Trinajstić information content (AvgIpc) is 3.03. The summed E-state index contributed by atoms with van der Waals surface area (Å²) in [7, 11) is 0. The van der Waals surface area contributed by atoms with Crippen LogP contribution in [-0.2, 0) is 16.8 Å². The highest BCUT2D eigenvalue weighted by atomic mass is 32.1. The number of thiophene rings is 1. The lowest BCUT2D eigenvalue weighted by atomic mass is 9.81. The number of likely N-dealkylation sites (tertiary alicyclic amines) is 1. The highest BCUT2D eigenvalue weighted by Crippen LogP contribution is 2.48. The fraction of sp³-hybridized carbons (Fsp3) is 0.450. The Morgan fingerprint density at radius 2 is 2.08 bits per heavy atom. The minimum absolute atomic E-state index is 0.304. The predicted molar refractivity (Wildman–Crippen MR) is 97.4 cm³/mol. The maximum atomic E-state index is 13.4. The van der Waals surface area contributed by atoms with Crippen molar-refractivity contribution in [1.29, 1.82) is 0 Å². The summed E-state index contributed by atoms with van der Waals surface area (Å²) in [5.41, 5.74) is 3.50. The van der Waals surface area contributed by atoms with Gasteiger partial charge in [0.05, 0.1) is 5.41 Å². The number of hydrogen-bond acceptors (Lipinski definition) is 3. The highest BCUT2D eigenvalue weighted by molar-refractivity contribution is 7.07. The summed E-state index contributed by atoms with van der Waals surface area (Å²) < 4.78 is 0. The van der Waals surface area contributed by atoms with Gasteiger partial charge in [0, 0.05) is 25.3 Å². The second-order valence-electron chi connectivity index (χ2n) is 7.55. The van der Waals surface area contributed by atoms with E-state index in [1.807, 2.05) is 0 Å². The van der Waals surface area contributed by atoms with Crippen LogP contribution in [0.4, 0.5) is 5.69 Å². The van der Waals surface area contributed by atoms with Gasteiger partial charge < -0.3 is 4.90 Å². The number of nitrogens with zero attached hydrogens (tertiary/aromatic N) is 2. The van der Waals surface area contributed by atoms with Crippen molar-refractivity contribution in [2.75, 3.05) is 24.5 Å². The van der Waals surface area contributed by atoms with Crippen LogP contribution >= 0.6 is 11.3 Å². The number of amides is 1. The summed E-state index contributed by atoms with van der Waals surface area (Å²) in [5, 5.41) is 4.35. The predicted octanol–water partition coefficient (Wildman–Crippen LogP) is 3.65. The van der Waals surface area contributed by atoms with Gasteiger partial charge in [0.15, 0.2) is 0 Å². The van der Waals surface area contributed by atoms with Crippen molar-refractivity contribution in [3.05, 3.63) is 52.2 Å². The first-order valence-electron chi connectivity index (χ1n) is 8.91. The first kappa shape index (κ1) is 14.7. The van der Waals surface area contributed by atoms with Crippen molar-refractivity contribution >= 4 is 22.9 Å². The van der Waals surface area contributed by atoms with Crippen molar-refractivity contribution in [1.82, 2.24) is 4.90 Å². The number of anilines is 1. The van der Waals surface area contributed by atoms with Crippen molar-refractivity contribution in [2.24, 2.45) is 5.92 Å². The third-order valence-corrected chi connectivity index (χ3v) is 6.57. The molecule has 1 aromatic heterocycles. The van der Waals surface area contributed by atoms with E-state index in [1.165, 1.54) is 29.7 Å². The van der Waals surface area contributed by atoms with Gasteiger partial charge in [-0.25, -0.2) is 0 Å². The molecule has 1 saturated carbocycles. The Kier molecular flexibility index (Phi) is 3.32. The van der Waals surface area contributed by atoms with E-state index in [0.717, 1.165) is 38.5 Å². The molecule has 1 amide bonds. The van der Waals surface area contributed by atoms with E-state index in [2.05, 4.69) is 50.9 Å². The van der Waals surface area contributed by atoms with E-state index in [4.69, 9.17) is 0 Å². The number of fused-ring (bicyclic) bond motifs is 2. The maximum Gasteiger partial charge on any atom is 0.239 e. The Balaban J connectivity index is 1.45. The minimum atomic E-state index is -0.304. The number of para-hydroxylation sites is 1. The Bertz CT molecular complexity index is 768. The van der Waals surface area contributed by atoms with Crippen LogP contribution in [0.25, 0.3) is 0 Å². The quantitative estimate of drug-likeness (QED) is 0.849. The molecule has 2 aliphatic heterocycles. The summed E-state index contributed by atoms with van der Waals surface area (Å²) in [5.74, 6) is 1.07. The molecular formula is C20H22N2OS. The number of carbonyl (C=O) groups excluding carboxylic acids is 1. The Labute approximate surface area is 146 Å². The second kappa shape index (κ2) is 5.43. The third kappa shape index (κ3) is 2.24. The van der Waals surface area contributed by atoms with Crippen molar-refractivity contribution in [3.8, 4) is 0 Å². The molecule has 4 heteroatoms. The fourth-order valence-corrected chi connectivity index (χ4v) is 5.06. The van der Waals surface area contributed by atoms with E-state index in [0.29, 0.717) is 5.91 Å². The lowest BCUT2D eigenvalue weighted by Crippen LogP contribution is -2.43. The molecule has 2 fully saturated rings. The molecule has 124 valence electrons. The SMILES string of the molecule is O=C1N(CC2CC2)c2ccccc2[C@]12CCN(Cc1ccsc1)C2. The molecule has 0 N–H and O–H groups in total. The molecule has 0 unspecified atom stereocenters. The van der Waals surface area contributed by atoms with Crippen LogP contribution in [0.1, 0.15) is 30.4 Å². The molecule has 1 atom stereocenters. The molecule has 5 rings (SSSR count). The number of benzene rings is 1. The normalized spacial score (nSPS) is 26.5. The molecule has 24 heavy (non-hydrogen) atoms. The number of hydrogen-bond donors (Lipinski definition) is 0. The van der Waals surface area contributed by atoms with E-state index in [1.54, 1.807) is 11.3 Å². The molecular weight excluding hydrogens is 316 g/mol. The van der Waals surface area contributed by atoms with Crippen molar-refractivity contribution < 1.29 is 4.79 Å². The van der Waals surface area contributed by atoms with Gasteiger partial charge in [-0.3, -0.25) is 9.69 Å². The van der Waals surface area contributed by atoms with E-state index in [9.17, 15) is 4.79 Å². The first-order chi connectivity index (χ1) is 11.8. The zero-order valence-electron chi connectivity index (χ0n) is 13.8. The van der Waals surface area contributed by atoms with Crippen LogP contribution in [0.2, 0.25) is 0 Å². The average molecular weight is 338 g/mol. The van der Waals surface area contributed by atoms with Crippen LogP contribution in [0.3, 0.4) is 0 Å². The van der Waals surface area contributed by atoms with Crippen molar-refractivity contribution in [3.63, 3.8) is 0 Å². The Hall–Kier alpha value is -1.65. The van der Waals surface area contributed by atoms with Gasteiger partial charge in [-0.1, -0.05) is 18.2 Å². The maximum absolute atomic E-state index is 13.4. The monoisotopic (exact) mass is 338 g/mol. The molecule has 0 bridgehead atoms. The van der Waals surface area contributed by atoms with Crippen LogP contribution in [0.15, 0.2) is 41.1 Å². The highest BCUT2D eigenvalue weighted by Gasteiger charge is 2.54. The summed E-state index contributed by atoms with van der Waals surface area (Å²) >= 11 is 1.75. The van der Waals surface area contributed by atoms with Crippen LogP contribution in [0.5, 0.6) is 0 Å². The van der Waals surface area contributed by atoms with Crippen molar-refractivity contribution in [2.45, 2.75) is 31.2 Å². The third-order valence-electron chi connectivity index (χ3n) is 5.84. The van der Waals surface area contributed by atoms with E-state index >= 15 is 0 Å². The standard InChI is InChI=1S/C20H22N2OS/c23-19-20(8-9-21(14-20)11-16-7-10-24-13-16)17-3-1-2-4-18(17)22(19)12-15-5-6-15/h1-4,7,10,13,15H,5-6,8-9,11-12,14H2/t20-/m1/s1. The molecule has 1 saturated heterocycles. The molecule has 1 aliphatic carbocycles. The lowest BCUT2D eigenvalue weighted by molar-refractivity contribution is -0.122. The fourth-order valence-electron chi connectivity index (χ4n) is 4.40. The van der Waals surface area contributed by atoms with E-state index in [-0.39, 0.29) is 5.41 Å². The molecule has 2 aromatic rings. The lowest BCUT2D eigenvalue weighted by Gasteiger charge is -2.24. The summed E-state index contributed by atoms with van der Waals surface area (Å²) in [6, 6.07) is 10.7. The zero-order chi connectivity index (χ0) is 16.1. The van der Waals surface area contributed by atoms with E-state index < -0.39 is 0 Å². The summed E-state index contributed by atoms with van der Waals surface area (Å²) in [4.78, 5) is 18.0. The van der Waals surface area contributed by atoms with Gasteiger partial charge >= 0.3 is 0 Å². The van der Waals surface area contributed by atoms with Crippen LogP contribution in [0, 0.1) is 5.92 Å².